The topological polar surface area (TPSA) is 109 Å². The number of nitrogens with two attached hydrogens (primary N) is 1. The minimum atomic E-state index is -0.860. The Morgan fingerprint density at radius 2 is 1.81 bits per heavy atom. The summed E-state index contributed by atoms with van der Waals surface area (Å²) < 4.78 is 21.3. The maximum Gasteiger partial charge on any atom is 0.336 e. The summed E-state index contributed by atoms with van der Waals surface area (Å²) in [5.74, 6) is -2.07. The van der Waals surface area contributed by atoms with Crippen LogP contribution in [-0.2, 0) is 28.5 Å². The van der Waals surface area contributed by atoms with Gasteiger partial charge in [-0.15, -0.1) is 0 Å². The lowest BCUT2D eigenvalue weighted by Crippen LogP contribution is -2.35. The molecule has 1 unspecified atom stereocenters. The maximum absolute atomic E-state index is 13.1. The number of methoxy groups -OCH3 is 1. The molecule has 0 aromatic heterocycles. The second-order valence-corrected chi connectivity index (χ2v) is 7.58. The molecule has 0 spiro atoms. The zero-order chi connectivity index (χ0) is 23.7. The van der Waals surface area contributed by atoms with Gasteiger partial charge in [-0.3, -0.25) is 0 Å². The van der Waals surface area contributed by atoms with E-state index in [1.54, 1.807) is 32.0 Å². The van der Waals surface area contributed by atoms with Crippen LogP contribution >= 0.6 is 23.2 Å². The van der Waals surface area contributed by atoms with E-state index in [4.69, 9.17) is 47.9 Å². The molecule has 3 N–H and O–H groups in total. The molecule has 2 rings (SSSR count). The predicted molar refractivity (Wildman–Crippen MR) is 121 cm³/mol. The molecule has 176 valence electrons. The van der Waals surface area contributed by atoms with Crippen molar-refractivity contribution in [2.45, 2.75) is 19.8 Å². The molecule has 0 saturated carbocycles. The Morgan fingerprint density at radius 1 is 1.09 bits per heavy atom. The summed E-state index contributed by atoms with van der Waals surface area (Å²) >= 11 is 12.7. The largest absolute Gasteiger partial charge is 0.466 e. The van der Waals surface area contributed by atoms with Gasteiger partial charge >= 0.3 is 11.9 Å². The number of esters is 2. The summed E-state index contributed by atoms with van der Waals surface area (Å²) in [5.41, 5.74) is 7.27. The van der Waals surface area contributed by atoms with Gasteiger partial charge < -0.3 is 30.0 Å². The molecule has 10 heteroatoms. The van der Waals surface area contributed by atoms with Crippen molar-refractivity contribution in [1.82, 2.24) is 5.32 Å². The van der Waals surface area contributed by atoms with Crippen molar-refractivity contribution in [3.63, 3.8) is 0 Å². The van der Waals surface area contributed by atoms with Gasteiger partial charge in [0, 0.05) is 12.2 Å². The van der Waals surface area contributed by atoms with Gasteiger partial charge in [-0.1, -0.05) is 35.3 Å². The standard InChI is InChI=1S/C22H28Cl2N2O6/c1-4-32-22(28)19-16(12-31-11-10-30-9-8-25)26-13(2)17(21(27)29-3)18(19)14-6-5-7-15(23)20(14)24/h5-7,18,26H,4,8-12,25H2,1-3H3. The lowest BCUT2D eigenvalue weighted by molar-refractivity contribution is -0.139. The van der Waals surface area contributed by atoms with E-state index >= 15 is 0 Å². The number of dihydropyridines is 1. The second kappa shape index (κ2) is 12.8. The van der Waals surface area contributed by atoms with E-state index < -0.39 is 17.9 Å². The van der Waals surface area contributed by atoms with Gasteiger partial charge in [-0.05, 0) is 25.5 Å². The molecule has 0 radical (unpaired) electrons. The third-order valence-electron chi connectivity index (χ3n) is 4.72. The van der Waals surface area contributed by atoms with Crippen LogP contribution in [-0.4, -0.2) is 58.6 Å². The molecule has 0 saturated heterocycles. The van der Waals surface area contributed by atoms with Crippen molar-refractivity contribution in [1.29, 1.82) is 0 Å². The highest BCUT2D eigenvalue weighted by Gasteiger charge is 2.40. The Hall–Kier alpha value is -2.10. The number of hydrogen-bond acceptors (Lipinski definition) is 8. The van der Waals surface area contributed by atoms with Crippen molar-refractivity contribution in [3.05, 3.63) is 56.3 Å². The first-order chi connectivity index (χ1) is 15.4. The van der Waals surface area contributed by atoms with Gasteiger partial charge in [0.05, 0.1) is 73.0 Å². The molecule has 32 heavy (non-hydrogen) atoms. The van der Waals surface area contributed by atoms with Gasteiger partial charge in [0.15, 0.2) is 0 Å². The van der Waals surface area contributed by atoms with Crippen molar-refractivity contribution in [2.75, 3.05) is 46.7 Å². The molecule has 1 atom stereocenters. The number of carbonyl (C=O) groups excluding carboxylic acids is 2. The minimum absolute atomic E-state index is 0.0562. The number of hydrogen-bond donors (Lipinski definition) is 2. The van der Waals surface area contributed by atoms with Crippen molar-refractivity contribution in [2.24, 2.45) is 5.73 Å². The highest BCUT2D eigenvalue weighted by molar-refractivity contribution is 6.42. The fourth-order valence-corrected chi connectivity index (χ4v) is 3.79. The van der Waals surface area contributed by atoms with E-state index in [-0.39, 0.29) is 36.0 Å². The molecule has 1 aliphatic rings. The SMILES string of the molecule is CCOC(=O)C1=C(COCCOCCN)NC(C)=C(C(=O)OC)C1c1cccc(Cl)c1Cl. The van der Waals surface area contributed by atoms with Crippen LogP contribution in [0, 0.1) is 0 Å². The third kappa shape index (κ3) is 6.24. The Morgan fingerprint density at radius 3 is 2.47 bits per heavy atom. The zero-order valence-corrected chi connectivity index (χ0v) is 19.8. The van der Waals surface area contributed by atoms with Crippen molar-refractivity contribution < 1.29 is 28.5 Å². The third-order valence-corrected chi connectivity index (χ3v) is 5.55. The molecular formula is C22H28Cl2N2O6. The number of allylic oxidation sites excluding steroid dienone is 1. The lowest BCUT2D eigenvalue weighted by atomic mass is 9.80. The Labute approximate surface area is 197 Å². The highest BCUT2D eigenvalue weighted by Crippen LogP contribution is 2.43. The van der Waals surface area contributed by atoms with E-state index in [0.29, 0.717) is 41.7 Å². The van der Waals surface area contributed by atoms with E-state index in [1.807, 2.05) is 0 Å². The van der Waals surface area contributed by atoms with Crippen molar-refractivity contribution in [3.8, 4) is 0 Å². The predicted octanol–water partition coefficient (Wildman–Crippen LogP) is 2.94. The number of rotatable bonds is 11. The van der Waals surface area contributed by atoms with Crippen LogP contribution in [0.5, 0.6) is 0 Å². The summed E-state index contributed by atoms with van der Waals surface area (Å²) in [5, 5.41) is 3.63. The van der Waals surface area contributed by atoms with Crippen LogP contribution in [0.2, 0.25) is 10.0 Å². The first-order valence-electron chi connectivity index (χ1n) is 10.1. The van der Waals surface area contributed by atoms with Crippen LogP contribution in [0.4, 0.5) is 0 Å². The Kier molecular flexibility index (Phi) is 10.5. The molecule has 0 aliphatic carbocycles. The second-order valence-electron chi connectivity index (χ2n) is 6.80. The average molecular weight is 487 g/mol. The van der Waals surface area contributed by atoms with Crippen LogP contribution in [0.25, 0.3) is 0 Å². The number of carbonyl (C=O) groups is 2. The first kappa shape index (κ1) is 26.2. The van der Waals surface area contributed by atoms with Gasteiger partial charge in [0.1, 0.15) is 0 Å². The van der Waals surface area contributed by atoms with E-state index in [0.717, 1.165) is 0 Å². The van der Waals surface area contributed by atoms with Gasteiger partial charge in [0.25, 0.3) is 0 Å². The number of ether oxygens (including phenoxy) is 4. The molecule has 0 amide bonds. The van der Waals surface area contributed by atoms with Crippen molar-refractivity contribution >= 4 is 35.1 Å². The van der Waals surface area contributed by atoms with Crippen LogP contribution in [0.15, 0.2) is 40.7 Å². The Bertz CT molecular complexity index is 900. The molecule has 0 fully saturated rings. The summed E-state index contributed by atoms with van der Waals surface area (Å²) in [6.07, 6.45) is 0. The fraction of sp³-hybridized carbons (Fsp3) is 0.455. The summed E-state index contributed by atoms with van der Waals surface area (Å²) in [6.45, 7) is 5.10. The highest BCUT2D eigenvalue weighted by atomic mass is 35.5. The quantitative estimate of drug-likeness (QED) is 0.362. The minimum Gasteiger partial charge on any atom is -0.466 e. The molecule has 1 aromatic rings. The average Bonchev–Trinajstić information content (AvgIpc) is 2.77. The monoisotopic (exact) mass is 486 g/mol. The number of benzene rings is 1. The first-order valence-corrected chi connectivity index (χ1v) is 10.9. The van der Waals surface area contributed by atoms with Crippen LogP contribution in [0.3, 0.4) is 0 Å². The van der Waals surface area contributed by atoms with E-state index in [1.165, 1.54) is 7.11 Å². The summed E-state index contributed by atoms with van der Waals surface area (Å²) in [7, 11) is 1.27. The van der Waals surface area contributed by atoms with E-state index in [2.05, 4.69) is 5.32 Å². The van der Waals surface area contributed by atoms with E-state index in [9.17, 15) is 9.59 Å². The maximum atomic E-state index is 13.1. The summed E-state index contributed by atoms with van der Waals surface area (Å²) in [4.78, 5) is 25.8. The lowest BCUT2D eigenvalue weighted by Gasteiger charge is -2.31. The van der Waals surface area contributed by atoms with Gasteiger partial charge in [0.2, 0.25) is 0 Å². The molecule has 1 heterocycles. The van der Waals surface area contributed by atoms with Crippen LogP contribution < -0.4 is 11.1 Å². The van der Waals surface area contributed by atoms with Gasteiger partial charge in [-0.25, -0.2) is 9.59 Å². The zero-order valence-electron chi connectivity index (χ0n) is 18.3. The fourth-order valence-electron chi connectivity index (χ4n) is 3.37. The normalized spacial score (nSPS) is 16.1. The summed E-state index contributed by atoms with van der Waals surface area (Å²) in [6, 6.07) is 5.03. The molecule has 1 aliphatic heterocycles. The number of halogens is 2. The number of nitrogens with one attached hydrogen (secondary N) is 1. The molecular weight excluding hydrogens is 459 g/mol. The van der Waals surface area contributed by atoms with Crippen LogP contribution in [0.1, 0.15) is 25.3 Å². The molecule has 1 aromatic carbocycles. The Balaban J connectivity index is 2.53. The smallest absolute Gasteiger partial charge is 0.336 e. The van der Waals surface area contributed by atoms with Gasteiger partial charge in [-0.2, -0.15) is 0 Å². The molecule has 0 bridgehead atoms. The molecule has 8 nitrogen and oxygen atoms in total.